The average molecular weight is 242 g/mol. The third kappa shape index (κ3) is 7.37. The van der Waals surface area contributed by atoms with Gasteiger partial charge in [0.25, 0.3) is 0 Å². The molecule has 0 saturated heterocycles. The van der Waals surface area contributed by atoms with Gasteiger partial charge in [-0.3, -0.25) is 4.79 Å². The van der Waals surface area contributed by atoms with Crippen molar-refractivity contribution >= 4 is 5.91 Å². The van der Waals surface area contributed by atoms with Gasteiger partial charge in [-0.2, -0.15) is 0 Å². The van der Waals surface area contributed by atoms with Crippen molar-refractivity contribution < 1.29 is 4.79 Å². The number of carbonyl (C=O) groups is 1. The van der Waals surface area contributed by atoms with Gasteiger partial charge in [-0.25, -0.2) is 0 Å². The van der Waals surface area contributed by atoms with E-state index < -0.39 is 0 Å². The van der Waals surface area contributed by atoms with Gasteiger partial charge >= 0.3 is 0 Å². The van der Waals surface area contributed by atoms with Crippen LogP contribution < -0.4 is 10.6 Å². The number of rotatable bonds is 8. The quantitative estimate of drug-likeness (QED) is 0.687. The molecule has 0 saturated carbocycles. The van der Waals surface area contributed by atoms with Crippen molar-refractivity contribution in [2.45, 2.75) is 66.5 Å². The number of amides is 1. The fourth-order valence-corrected chi connectivity index (χ4v) is 1.56. The predicted molar refractivity (Wildman–Crippen MR) is 74.0 cm³/mol. The first-order valence-electron chi connectivity index (χ1n) is 6.92. The maximum absolute atomic E-state index is 11.8. The lowest BCUT2D eigenvalue weighted by Gasteiger charge is -2.21. The molecule has 0 aliphatic rings. The summed E-state index contributed by atoms with van der Waals surface area (Å²) >= 11 is 0. The van der Waals surface area contributed by atoms with Gasteiger partial charge in [0.15, 0.2) is 0 Å². The smallest absolute Gasteiger partial charge is 0.237 e. The molecule has 0 aromatic carbocycles. The van der Waals surface area contributed by atoms with E-state index in [0.717, 1.165) is 19.4 Å². The summed E-state index contributed by atoms with van der Waals surface area (Å²) in [5, 5.41) is 6.33. The first-order chi connectivity index (χ1) is 7.88. The fraction of sp³-hybridized carbons (Fsp3) is 0.929. The van der Waals surface area contributed by atoms with Gasteiger partial charge in [0.2, 0.25) is 5.91 Å². The van der Waals surface area contributed by atoms with Crippen LogP contribution in [0.15, 0.2) is 0 Å². The van der Waals surface area contributed by atoms with Gasteiger partial charge in [-0.1, -0.05) is 34.1 Å². The molecule has 1 amide bonds. The van der Waals surface area contributed by atoms with Crippen molar-refractivity contribution in [3.05, 3.63) is 0 Å². The van der Waals surface area contributed by atoms with Crippen LogP contribution in [0, 0.1) is 11.8 Å². The predicted octanol–water partition coefficient (Wildman–Crippen LogP) is 2.56. The molecule has 3 heteroatoms. The number of nitrogens with one attached hydrogen (secondary N) is 2. The standard InChI is InChI=1S/C14H30N2O/c1-7-8-12(5)16-14(17)13(6)15-9-11(4)10(2)3/h10-13,15H,7-9H2,1-6H3,(H,16,17). The van der Waals surface area contributed by atoms with Gasteiger partial charge in [-0.05, 0) is 38.6 Å². The first kappa shape index (κ1) is 16.4. The molecule has 2 N–H and O–H groups in total. The summed E-state index contributed by atoms with van der Waals surface area (Å²) in [5.74, 6) is 1.36. The Labute approximate surface area is 107 Å². The molecule has 0 aromatic heterocycles. The Kier molecular flexibility index (Phi) is 8.23. The van der Waals surface area contributed by atoms with Crippen LogP contribution in [-0.2, 0) is 4.79 Å². The zero-order valence-electron chi connectivity index (χ0n) is 12.3. The van der Waals surface area contributed by atoms with E-state index in [-0.39, 0.29) is 18.0 Å². The Balaban J connectivity index is 3.89. The topological polar surface area (TPSA) is 41.1 Å². The zero-order chi connectivity index (χ0) is 13.4. The summed E-state index contributed by atoms with van der Waals surface area (Å²) in [6.45, 7) is 13.7. The highest BCUT2D eigenvalue weighted by Gasteiger charge is 2.16. The Morgan fingerprint density at radius 3 is 2.18 bits per heavy atom. The monoisotopic (exact) mass is 242 g/mol. The Morgan fingerprint density at radius 2 is 1.71 bits per heavy atom. The van der Waals surface area contributed by atoms with E-state index in [4.69, 9.17) is 0 Å². The molecular formula is C14H30N2O. The van der Waals surface area contributed by atoms with E-state index >= 15 is 0 Å². The second-order valence-corrected chi connectivity index (χ2v) is 5.55. The molecule has 3 nitrogen and oxygen atoms in total. The Hall–Kier alpha value is -0.570. The van der Waals surface area contributed by atoms with Gasteiger partial charge < -0.3 is 10.6 Å². The van der Waals surface area contributed by atoms with Crippen LogP contribution in [0.2, 0.25) is 0 Å². The normalized spacial score (nSPS) is 16.6. The molecule has 0 spiro atoms. The number of hydrogen-bond acceptors (Lipinski definition) is 2. The van der Waals surface area contributed by atoms with Crippen LogP contribution in [0.5, 0.6) is 0 Å². The van der Waals surface area contributed by atoms with Gasteiger partial charge in [0.1, 0.15) is 0 Å². The molecule has 102 valence electrons. The second-order valence-electron chi connectivity index (χ2n) is 5.55. The molecule has 3 unspecified atom stereocenters. The Bertz CT molecular complexity index is 216. The van der Waals surface area contributed by atoms with Crippen molar-refractivity contribution in [3.8, 4) is 0 Å². The van der Waals surface area contributed by atoms with Crippen molar-refractivity contribution in [2.24, 2.45) is 11.8 Å². The molecule has 0 rings (SSSR count). The average Bonchev–Trinajstić information content (AvgIpc) is 2.25. The van der Waals surface area contributed by atoms with Crippen LogP contribution in [0.1, 0.15) is 54.4 Å². The van der Waals surface area contributed by atoms with Crippen LogP contribution in [0.25, 0.3) is 0 Å². The summed E-state index contributed by atoms with van der Waals surface area (Å²) in [6, 6.07) is 0.176. The molecule has 17 heavy (non-hydrogen) atoms. The number of carbonyl (C=O) groups excluding carboxylic acids is 1. The van der Waals surface area contributed by atoms with Gasteiger partial charge in [0, 0.05) is 6.04 Å². The van der Waals surface area contributed by atoms with Crippen LogP contribution in [0.3, 0.4) is 0 Å². The van der Waals surface area contributed by atoms with E-state index in [1.807, 2.05) is 6.92 Å². The molecule has 0 aliphatic heterocycles. The molecule has 0 heterocycles. The minimum absolute atomic E-state index is 0.101. The van der Waals surface area contributed by atoms with E-state index in [2.05, 4.69) is 45.3 Å². The first-order valence-corrected chi connectivity index (χ1v) is 6.92. The summed E-state index contributed by atoms with van der Waals surface area (Å²) in [6.07, 6.45) is 2.15. The Morgan fingerprint density at radius 1 is 1.12 bits per heavy atom. The SMILES string of the molecule is CCCC(C)NC(=O)C(C)NCC(C)C(C)C. The highest BCUT2D eigenvalue weighted by molar-refractivity contribution is 5.81. The van der Waals surface area contributed by atoms with Crippen molar-refractivity contribution in [2.75, 3.05) is 6.54 Å². The lowest BCUT2D eigenvalue weighted by Crippen LogP contribution is -2.46. The van der Waals surface area contributed by atoms with E-state index in [1.54, 1.807) is 0 Å². The van der Waals surface area contributed by atoms with Crippen LogP contribution >= 0.6 is 0 Å². The fourth-order valence-electron chi connectivity index (χ4n) is 1.56. The number of hydrogen-bond donors (Lipinski definition) is 2. The van der Waals surface area contributed by atoms with Gasteiger partial charge in [-0.15, -0.1) is 0 Å². The highest BCUT2D eigenvalue weighted by atomic mass is 16.2. The summed E-state index contributed by atoms with van der Waals surface area (Å²) in [5.41, 5.74) is 0. The lowest BCUT2D eigenvalue weighted by atomic mass is 9.98. The molecule has 0 aliphatic carbocycles. The summed E-state index contributed by atoms with van der Waals surface area (Å²) in [7, 11) is 0. The maximum Gasteiger partial charge on any atom is 0.237 e. The minimum Gasteiger partial charge on any atom is -0.352 e. The molecule has 0 aromatic rings. The van der Waals surface area contributed by atoms with Crippen molar-refractivity contribution in [1.29, 1.82) is 0 Å². The van der Waals surface area contributed by atoms with Crippen molar-refractivity contribution in [3.63, 3.8) is 0 Å². The molecule has 0 fully saturated rings. The van der Waals surface area contributed by atoms with Gasteiger partial charge in [0.05, 0.1) is 6.04 Å². The summed E-state index contributed by atoms with van der Waals surface area (Å²) in [4.78, 5) is 11.8. The van der Waals surface area contributed by atoms with E-state index in [1.165, 1.54) is 0 Å². The van der Waals surface area contributed by atoms with Crippen LogP contribution in [-0.4, -0.2) is 24.5 Å². The van der Waals surface area contributed by atoms with E-state index in [0.29, 0.717) is 11.8 Å². The largest absolute Gasteiger partial charge is 0.352 e. The third-order valence-corrected chi connectivity index (χ3v) is 3.39. The molecule has 0 radical (unpaired) electrons. The second kappa shape index (κ2) is 8.51. The third-order valence-electron chi connectivity index (χ3n) is 3.39. The molecule has 0 bridgehead atoms. The molecular weight excluding hydrogens is 212 g/mol. The summed E-state index contributed by atoms with van der Waals surface area (Å²) < 4.78 is 0. The van der Waals surface area contributed by atoms with Crippen molar-refractivity contribution in [1.82, 2.24) is 10.6 Å². The zero-order valence-corrected chi connectivity index (χ0v) is 12.3. The molecule has 3 atom stereocenters. The van der Waals surface area contributed by atoms with E-state index in [9.17, 15) is 4.79 Å². The maximum atomic E-state index is 11.8. The minimum atomic E-state index is -0.101. The van der Waals surface area contributed by atoms with Crippen LogP contribution in [0.4, 0.5) is 0 Å². The lowest BCUT2D eigenvalue weighted by molar-refractivity contribution is -0.123. The highest BCUT2D eigenvalue weighted by Crippen LogP contribution is 2.07.